The molecule has 7 nitrogen and oxygen atoms in total. The zero-order valence-electron chi connectivity index (χ0n) is 19.4. The highest BCUT2D eigenvalue weighted by atomic mass is 32.2. The molecule has 0 fully saturated rings. The second-order valence-corrected chi connectivity index (χ2v) is 9.71. The predicted molar refractivity (Wildman–Crippen MR) is 124 cm³/mol. The second-order valence-electron chi connectivity index (χ2n) is 7.80. The van der Waals surface area contributed by atoms with Gasteiger partial charge in [-0.05, 0) is 42.7 Å². The van der Waals surface area contributed by atoms with Gasteiger partial charge in [-0.1, -0.05) is 37.3 Å². The van der Waals surface area contributed by atoms with E-state index in [1.165, 1.54) is 18.0 Å². The van der Waals surface area contributed by atoms with Gasteiger partial charge in [0.25, 0.3) is 0 Å². The predicted octanol–water partition coefficient (Wildman–Crippen LogP) is 3.33. The molecule has 0 bridgehead atoms. The Hall–Kier alpha value is -3.08. The van der Waals surface area contributed by atoms with Crippen LogP contribution in [0.15, 0.2) is 48.5 Å². The number of sulfonamides is 1. The summed E-state index contributed by atoms with van der Waals surface area (Å²) in [6, 6.07) is 10.1. The maximum absolute atomic E-state index is 13.4. The van der Waals surface area contributed by atoms with E-state index in [4.69, 9.17) is 0 Å². The minimum Gasteiger partial charge on any atom is -0.357 e. The van der Waals surface area contributed by atoms with E-state index < -0.39 is 46.2 Å². The molecule has 0 aromatic heterocycles. The van der Waals surface area contributed by atoms with Crippen molar-refractivity contribution in [2.45, 2.75) is 39.0 Å². The molecule has 0 heterocycles. The third kappa shape index (κ3) is 6.72. The van der Waals surface area contributed by atoms with Gasteiger partial charge in [0, 0.05) is 13.6 Å². The van der Waals surface area contributed by atoms with Crippen molar-refractivity contribution < 1.29 is 31.2 Å². The zero-order chi connectivity index (χ0) is 25.7. The van der Waals surface area contributed by atoms with Gasteiger partial charge < -0.3 is 10.2 Å². The highest BCUT2D eigenvalue weighted by Crippen LogP contribution is 2.32. The Balaban J connectivity index is 2.49. The average Bonchev–Trinajstić information content (AvgIpc) is 2.76. The fraction of sp³-hybridized carbons (Fsp3) is 0.391. The van der Waals surface area contributed by atoms with Crippen molar-refractivity contribution in [3.8, 4) is 0 Å². The number of nitrogens with one attached hydrogen (secondary N) is 1. The first kappa shape index (κ1) is 27.2. The van der Waals surface area contributed by atoms with Crippen molar-refractivity contribution in [2.75, 3.05) is 24.2 Å². The Morgan fingerprint density at radius 1 is 1.09 bits per heavy atom. The summed E-state index contributed by atoms with van der Waals surface area (Å²) in [5.74, 6) is -1.16. The number of anilines is 1. The molecule has 0 spiro atoms. The summed E-state index contributed by atoms with van der Waals surface area (Å²) in [7, 11) is -2.71. The largest absolute Gasteiger partial charge is 0.416 e. The van der Waals surface area contributed by atoms with Gasteiger partial charge in [0.1, 0.15) is 12.6 Å². The van der Waals surface area contributed by atoms with E-state index in [2.05, 4.69) is 5.32 Å². The van der Waals surface area contributed by atoms with Crippen molar-refractivity contribution in [3.05, 3.63) is 65.2 Å². The molecule has 1 N–H and O–H groups in total. The molecule has 0 aliphatic rings. The molecule has 0 aliphatic heterocycles. The van der Waals surface area contributed by atoms with Crippen molar-refractivity contribution in [3.63, 3.8) is 0 Å². The van der Waals surface area contributed by atoms with Gasteiger partial charge in [-0.3, -0.25) is 13.9 Å². The van der Waals surface area contributed by atoms with Crippen LogP contribution in [0.5, 0.6) is 0 Å². The van der Waals surface area contributed by atoms with Crippen LogP contribution in [0, 0.1) is 6.92 Å². The molecule has 2 aromatic rings. The van der Waals surface area contributed by atoms with Crippen LogP contribution < -0.4 is 9.62 Å². The van der Waals surface area contributed by atoms with Gasteiger partial charge in [0.2, 0.25) is 21.8 Å². The lowest BCUT2D eigenvalue weighted by atomic mass is 10.1. The zero-order valence-corrected chi connectivity index (χ0v) is 20.2. The molecule has 0 aliphatic carbocycles. The lowest BCUT2D eigenvalue weighted by Gasteiger charge is -2.33. The number of halogens is 3. The number of carbonyl (C=O) groups is 2. The molecule has 0 unspecified atom stereocenters. The number of hydrogen-bond donors (Lipinski definition) is 1. The maximum atomic E-state index is 13.4. The Kier molecular flexibility index (Phi) is 8.71. The van der Waals surface area contributed by atoms with Crippen molar-refractivity contribution >= 4 is 27.5 Å². The van der Waals surface area contributed by atoms with Gasteiger partial charge in [0.05, 0.1) is 17.5 Å². The molecule has 2 rings (SSSR count). The number of rotatable bonds is 9. The van der Waals surface area contributed by atoms with Crippen LogP contribution in [0.25, 0.3) is 0 Å². The first-order chi connectivity index (χ1) is 15.8. The molecule has 34 heavy (non-hydrogen) atoms. The van der Waals surface area contributed by atoms with E-state index >= 15 is 0 Å². The normalized spacial score (nSPS) is 12.7. The molecule has 11 heteroatoms. The van der Waals surface area contributed by atoms with Crippen LogP contribution in [-0.4, -0.2) is 51.0 Å². The van der Waals surface area contributed by atoms with Gasteiger partial charge >= 0.3 is 6.18 Å². The first-order valence-electron chi connectivity index (χ1n) is 10.5. The van der Waals surface area contributed by atoms with Crippen LogP contribution in [0.3, 0.4) is 0 Å². The molecule has 186 valence electrons. The standard InChI is InChI=1S/C23H28F3N3O4S/c1-5-20(22(31)27-3)28(14-17-10-7-6-9-16(17)2)21(30)15-29(34(4,32)33)19-12-8-11-18(13-19)23(24,25)26/h6-13,20H,5,14-15H2,1-4H3,(H,27,31)/t20-/m1/s1. The van der Waals surface area contributed by atoms with Crippen LogP contribution in [0.2, 0.25) is 0 Å². The monoisotopic (exact) mass is 499 g/mol. The Morgan fingerprint density at radius 2 is 1.74 bits per heavy atom. The quantitative estimate of drug-likeness (QED) is 0.574. The number of likely N-dealkylation sites (N-methyl/N-ethyl adjacent to an activating group) is 1. The Labute approximate surface area is 197 Å². The third-order valence-electron chi connectivity index (χ3n) is 5.37. The Bertz CT molecular complexity index is 1140. The van der Waals surface area contributed by atoms with E-state index in [9.17, 15) is 31.2 Å². The van der Waals surface area contributed by atoms with E-state index in [0.29, 0.717) is 10.4 Å². The first-order valence-corrected chi connectivity index (χ1v) is 12.3. The van der Waals surface area contributed by atoms with Crippen LogP contribution in [-0.2, 0) is 32.3 Å². The molecular formula is C23H28F3N3O4S. The summed E-state index contributed by atoms with van der Waals surface area (Å²) in [5.41, 5.74) is 0.280. The van der Waals surface area contributed by atoms with Crippen LogP contribution in [0.1, 0.15) is 30.0 Å². The van der Waals surface area contributed by atoms with Crippen molar-refractivity contribution in [2.24, 2.45) is 0 Å². The van der Waals surface area contributed by atoms with Crippen molar-refractivity contribution in [1.82, 2.24) is 10.2 Å². The molecule has 0 saturated heterocycles. The lowest BCUT2D eigenvalue weighted by molar-refractivity contribution is -0.140. The number of aryl methyl sites for hydroxylation is 1. The lowest BCUT2D eigenvalue weighted by Crippen LogP contribution is -2.51. The highest BCUT2D eigenvalue weighted by molar-refractivity contribution is 7.92. The summed E-state index contributed by atoms with van der Waals surface area (Å²) in [6.45, 7) is 2.81. The topological polar surface area (TPSA) is 86.8 Å². The number of benzene rings is 2. The van der Waals surface area contributed by atoms with Crippen molar-refractivity contribution in [1.29, 1.82) is 0 Å². The number of carbonyl (C=O) groups excluding carboxylic acids is 2. The van der Waals surface area contributed by atoms with Gasteiger partial charge in [-0.15, -0.1) is 0 Å². The number of amides is 2. The second kappa shape index (κ2) is 10.9. The molecule has 2 amide bonds. The average molecular weight is 500 g/mol. The molecule has 1 atom stereocenters. The summed E-state index contributed by atoms with van der Waals surface area (Å²) in [4.78, 5) is 27.2. The number of nitrogens with zero attached hydrogens (tertiary/aromatic N) is 2. The number of alkyl halides is 3. The third-order valence-corrected chi connectivity index (χ3v) is 6.52. The van der Waals surface area contributed by atoms with Crippen LogP contribution >= 0.6 is 0 Å². The van der Waals surface area contributed by atoms with Gasteiger partial charge in [-0.2, -0.15) is 13.2 Å². The maximum Gasteiger partial charge on any atom is 0.416 e. The fourth-order valence-corrected chi connectivity index (χ4v) is 4.35. The van der Waals surface area contributed by atoms with Gasteiger partial charge in [-0.25, -0.2) is 8.42 Å². The SMILES string of the molecule is CC[C@H](C(=O)NC)N(Cc1ccccc1C)C(=O)CN(c1cccc(C(F)(F)F)c1)S(C)(=O)=O. The van der Waals surface area contributed by atoms with Crippen LogP contribution in [0.4, 0.5) is 18.9 Å². The molecular weight excluding hydrogens is 471 g/mol. The summed E-state index contributed by atoms with van der Waals surface area (Å²) in [6.07, 6.45) is -3.63. The van der Waals surface area contributed by atoms with E-state index in [-0.39, 0.29) is 18.7 Å². The fourth-order valence-electron chi connectivity index (χ4n) is 3.51. The Morgan fingerprint density at radius 3 is 2.26 bits per heavy atom. The summed E-state index contributed by atoms with van der Waals surface area (Å²) >= 11 is 0. The summed E-state index contributed by atoms with van der Waals surface area (Å²) < 4.78 is 65.2. The van der Waals surface area contributed by atoms with E-state index in [1.54, 1.807) is 19.1 Å². The van der Waals surface area contributed by atoms with Gasteiger partial charge in [0.15, 0.2) is 0 Å². The smallest absolute Gasteiger partial charge is 0.357 e. The highest BCUT2D eigenvalue weighted by Gasteiger charge is 2.34. The van der Waals surface area contributed by atoms with E-state index in [0.717, 1.165) is 29.5 Å². The minimum absolute atomic E-state index is 0.0254. The molecule has 0 saturated carbocycles. The summed E-state index contributed by atoms with van der Waals surface area (Å²) in [5, 5.41) is 2.50. The van der Waals surface area contributed by atoms with E-state index in [1.807, 2.05) is 19.1 Å². The molecule has 0 radical (unpaired) electrons. The minimum atomic E-state index is -4.69. The number of hydrogen-bond acceptors (Lipinski definition) is 4. The molecule has 2 aromatic carbocycles.